The Balaban J connectivity index is -0.00000000750. The zero-order valence-corrected chi connectivity index (χ0v) is 8.87. The van der Waals surface area contributed by atoms with Crippen LogP contribution in [0.2, 0.25) is 0 Å². The van der Waals surface area contributed by atoms with Gasteiger partial charge in [0.15, 0.2) is 0 Å². The van der Waals surface area contributed by atoms with Crippen molar-refractivity contribution in [3.8, 4) is 0 Å². The molecule has 0 spiro atoms. The van der Waals surface area contributed by atoms with Gasteiger partial charge in [0.2, 0.25) is 0 Å². The van der Waals surface area contributed by atoms with Gasteiger partial charge in [-0.1, -0.05) is 13.3 Å². The second-order valence-electron chi connectivity index (χ2n) is 0.750. The molecule has 0 bridgehead atoms. The molecule has 0 atom stereocenters. The first-order valence-corrected chi connectivity index (χ1v) is 1.56. The Kier molecular flexibility index (Phi) is 209. The van der Waals surface area contributed by atoms with Gasteiger partial charge in [-0.3, -0.25) is 0 Å². The molecular weight excluding hydrogens is 177 g/mol. The molecule has 8 heavy (non-hydrogen) atoms. The van der Waals surface area contributed by atoms with E-state index in [0.29, 0.717) is 6.54 Å². The fourth-order valence-corrected chi connectivity index (χ4v) is 0. The van der Waals surface area contributed by atoms with Crippen LogP contribution in [0.4, 0.5) is 0 Å². The molecule has 0 fully saturated rings. The van der Waals surface area contributed by atoms with E-state index in [4.69, 9.17) is 5.73 Å². The minimum Gasteiger partial charge on any atom is -0.677 e. The summed E-state index contributed by atoms with van der Waals surface area (Å²) in [5, 5.41) is 0. The van der Waals surface area contributed by atoms with Crippen LogP contribution < -0.4 is 0 Å². The molecule has 0 saturated carbocycles. The van der Waals surface area contributed by atoms with Gasteiger partial charge in [0.25, 0.3) is 0 Å². The second-order valence-corrected chi connectivity index (χ2v) is 0.750. The SMILES string of the molecule is CCC[NH-].[CH3-].[CH3-].[CH3-].[Zr+4]. The Bertz CT molecular complexity index is 10.5. The van der Waals surface area contributed by atoms with Gasteiger partial charge in [-0.2, -0.15) is 6.54 Å². The molecule has 1 nitrogen and oxygen atoms in total. The zero-order chi connectivity index (χ0) is 3.41. The van der Waals surface area contributed by atoms with Gasteiger partial charge in [0.05, 0.1) is 0 Å². The Morgan fingerprint density at radius 2 is 1.25 bits per heavy atom. The summed E-state index contributed by atoms with van der Waals surface area (Å²) in [5.41, 5.74) is 6.45. The topological polar surface area (TPSA) is 23.8 Å². The van der Waals surface area contributed by atoms with Gasteiger partial charge in [-0.05, 0) is 0 Å². The Labute approximate surface area is 74.2 Å². The molecule has 0 aliphatic carbocycles. The largest absolute Gasteiger partial charge is 4.00 e. The van der Waals surface area contributed by atoms with Crippen molar-refractivity contribution in [2.45, 2.75) is 13.3 Å². The van der Waals surface area contributed by atoms with Crippen molar-refractivity contribution in [1.82, 2.24) is 0 Å². The van der Waals surface area contributed by atoms with E-state index in [1.165, 1.54) is 0 Å². The van der Waals surface area contributed by atoms with Crippen LogP contribution in [0.25, 0.3) is 5.73 Å². The predicted molar refractivity (Wildman–Crippen MR) is 38.7 cm³/mol. The average molecular weight is 194 g/mol. The molecule has 0 rings (SSSR count). The molecule has 0 aliphatic heterocycles. The van der Waals surface area contributed by atoms with E-state index in [-0.39, 0.29) is 48.5 Å². The van der Waals surface area contributed by atoms with Gasteiger partial charge >= 0.3 is 26.2 Å². The van der Waals surface area contributed by atoms with E-state index in [0.717, 1.165) is 6.42 Å². The van der Waals surface area contributed by atoms with Crippen molar-refractivity contribution in [1.29, 1.82) is 0 Å². The summed E-state index contributed by atoms with van der Waals surface area (Å²) in [6.07, 6.45) is 0.986. The van der Waals surface area contributed by atoms with E-state index in [2.05, 4.69) is 0 Å². The average Bonchev–Trinajstić information content (AvgIpc) is 1.37. The first-order valence-electron chi connectivity index (χ1n) is 1.56. The van der Waals surface area contributed by atoms with E-state index < -0.39 is 0 Å². The normalized spacial score (nSPS) is 3.75. The van der Waals surface area contributed by atoms with Crippen LogP contribution in [0, 0.1) is 22.3 Å². The molecular formula is C6H17NZr. The maximum Gasteiger partial charge on any atom is 4.00 e. The standard InChI is InChI=1S/C3H8N.3CH3.Zr/c1-2-3-4;;;;/h4H,2-3H2,1H3;3*1H3;/q4*-1;+4. The van der Waals surface area contributed by atoms with Gasteiger partial charge in [0.1, 0.15) is 0 Å². The van der Waals surface area contributed by atoms with Crippen molar-refractivity contribution in [2.24, 2.45) is 0 Å². The van der Waals surface area contributed by atoms with Crippen LogP contribution in [0.1, 0.15) is 13.3 Å². The van der Waals surface area contributed by atoms with Gasteiger partial charge < -0.3 is 28.0 Å². The summed E-state index contributed by atoms with van der Waals surface area (Å²) in [5.74, 6) is 0. The van der Waals surface area contributed by atoms with Crippen LogP contribution >= 0.6 is 0 Å². The number of nitrogens with one attached hydrogen (secondary N) is 1. The molecule has 0 amide bonds. The maximum absolute atomic E-state index is 6.45. The number of hydrogen-bond donors (Lipinski definition) is 0. The first-order chi connectivity index (χ1) is 1.91. The van der Waals surface area contributed by atoms with Crippen LogP contribution in [0.5, 0.6) is 0 Å². The third-order valence-corrected chi connectivity index (χ3v) is 0.250. The van der Waals surface area contributed by atoms with E-state index >= 15 is 0 Å². The molecule has 0 unspecified atom stereocenters. The molecule has 1 N–H and O–H groups in total. The Morgan fingerprint density at radius 1 is 1.12 bits per heavy atom. The first kappa shape index (κ1) is 36.8. The quantitative estimate of drug-likeness (QED) is 0.573. The van der Waals surface area contributed by atoms with Crippen LogP contribution in [-0.2, 0) is 26.2 Å². The summed E-state index contributed by atoms with van der Waals surface area (Å²) >= 11 is 0. The molecule has 0 aromatic heterocycles. The van der Waals surface area contributed by atoms with Crippen molar-refractivity contribution >= 4 is 0 Å². The molecule has 2 heteroatoms. The molecule has 0 aliphatic rings. The zero-order valence-electron chi connectivity index (χ0n) is 6.41. The fraction of sp³-hybridized carbons (Fsp3) is 0.500. The summed E-state index contributed by atoms with van der Waals surface area (Å²) in [6, 6.07) is 0. The van der Waals surface area contributed by atoms with Crippen LogP contribution in [0.3, 0.4) is 0 Å². The minimum absolute atomic E-state index is 0. The fourth-order valence-electron chi connectivity index (χ4n) is 0. The van der Waals surface area contributed by atoms with Crippen LogP contribution in [0.15, 0.2) is 0 Å². The van der Waals surface area contributed by atoms with Crippen molar-refractivity contribution in [2.75, 3.05) is 6.54 Å². The van der Waals surface area contributed by atoms with Crippen LogP contribution in [-0.4, -0.2) is 6.54 Å². The van der Waals surface area contributed by atoms with E-state index in [1.807, 2.05) is 6.92 Å². The van der Waals surface area contributed by atoms with E-state index in [1.54, 1.807) is 0 Å². The van der Waals surface area contributed by atoms with Gasteiger partial charge in [0, 0.05) is 0 Å². The predicted octanol–water partition coefficient (Wildman–Crippen LogP) is 2.80. The monoisotopic (exact) mass is 193 g/mol. The molecule has 0 aromatic carbocycles. The second kappa shape index (κ2) is 45.4. The summed E-state index contributed by atoms with van der Waals surface area (Å²) in [7, 11) is 0. The number of rotatable bonds is 1. The maximum atomic E-state index is 6.45. The van der Waals surface area contributed by atoms with Crippen molar-refractivity contribution in [3.05, 3.63) is 28.0 Å². The van der Waals surface area contributed by atoms with Gasteiger partial charge in [-0.15, -0.1) is 0 Å². The third kappa shape index (κ3) is 68.8. The minimum atomic E-state index is 0. The summed E-state index contributed by atoms with van der Waals surface area (Å²) in [4.78, 5) is 0. The van der Waals surface area contributed by atoms with E-state index in [9.17, 15) is 0 Å². The summed E-state index contributed by atoms with van der Waals surface area (Å²) < 4.78 is 0. The van der Waals surface area contributed by atoms with Crippen molar-refractivity contribution < 1.29 is 26.2 Å². The number of hydrogen-bond acceptors (Lipinski definition) is 0. The van der Waals surface area contributed by atoms with Crippen molar-refractivity contribution in [3.63, 3.8) is 0 Å². The molecule has 0 radical (unpaired) electrons. The molecule has 0 aromatic rings. The molecule has 50 valence electrons. The molecule has 0 saturated heterocycles. The Hall–Kier alpha value is 0.843. The molecule has 0 heterocycles. The smallest absolute Gasteiger partial charge is 0.677 e. The third-order valence-electron chi connectivity index (χ3n) is 0.250. The Morgan fingerprint density at radius 3 is 1.25 bits per heavy atom. The van der Waals surface area contributed by atoms with Gasteiger partial charge in [-0.25, -0.2) is 0 Å². The summed E-state index contributed by atoms with van der Waals surface area (Å²) in [6.45, 7) is 2.56.